The van der Waals surface area contributed by atoms with E-state index in [0.717, 1.165) is 24.7 Å². The van der Waals surface area contributed by atoms with Crippen molar-refractivity contribution in [3.05, 3.63) is 66.0 Å². The van der Waals surface area contributed by atoms with Crippen LogP contribution in [0.3, 0.4) is 0 Å². The lowest BCUT2D eigenvalue weighted by molar-refractivity contribution is -0.140. The number of aryl methyl sites for hydroxylation is 1. The molecule has 0 N–H and O–H groups in total. The van der Waals surface area contributed by atoms with Crippen LogP contribution >= 0.6 is 0 Å². The van der Waals surface area contributed by atoms with Gasteiger partial charge in [-0.15, -0.1) is 0 Å². The summed E-state index contributed by atoms with van der Waals surface area (Å²) in [5, 5.41) is 0. The van der Waals surface area contributed by atoms with Gasteiger partial charge in [-0.3, -0.25) is 0 Å². The van der Waals surface area contributed by atoms with Crippen molar-refractivity contribution in [2.24, 2.45) is 7.05 Å². The molecule has 1 aliphatic rings. The SMILES string of the molecule is COc1ncnc(C2CC2)c1-c1nccc(O[C@@H](c2ccc(-c3nc(C(F)(F)F)cn3C)cc2)C(F)F)n1. The summed E-state index contributed by atoms with van der Waals surface area (Å²) < 4.78 is 79.3. The number of methoxy groups -OCH3 is 1. The van der Waals surface area contributed by atoms with Gasteiger partial charge in [0.15, 0.2) is 17.6 Å². The van der Waals surface area contributed by atoms with Crippen LogP contribution in [0.5, 0.6) is 11.8 Å². The quantitative estimate of drug-likeness (QED) is 0.272. The lowest BCUT2D eigenvalue weighted by Crippen LogP contribution is -2.17. The number of rotatable bonds is 8. The number of hydrogen-bond donors (Lipinski definition) is 0. The number of alkyl halides is 5. The minimum Gasteiger partial charge on any atom is -0.480 e. The summed E-state index contributed by atoms with van der Waals surface area (Å²) in [4.78, 5) is 20.7. The first-order valence-corrected chi connectivity index (χ1v) is 11.5. The molecule has 198 valence electrons. The van der Waals surface area contributed by atoms with Crippen molar-refractivity contribution in [3.63, 3.8) is 0 Å². The fourth-order valence-electron chi connectivity index (χ4n) is 4.03. The number of benzene rings is 1. The normalized spacial score (nSPS) is 14.5. The largest absolute Gasteiger partial charge is 0.480 e. The van der Waals surface area contributed by atoms with Gasteiger partial charge in [0, 0.05) is 37.0 Å². The fourth-order valence-corrected chi connectivity index (χ4v) is 4.03. The summed E-state index contributed by atoms with van der Waals surface area (Å²) in [5.41, 5.74) is 0.589. The number of imidazole rings is 1. The van der Waals surface area contributed by atoms with Crippen molar-refractivity contribution in [1.82, 2.24) is 29.5 Å². The Balaban J connectivity index is 1.42. The monoisotopic (exact) mass is 532 g/mol. The molecule has 0 spiro atoms. The first-order chi connectivity index (χ1) is 18.2. The molecule has 0 unspecified atom stereocenters. The fraction of sp³-hybridized carbons (Fsp3) is 0.320. The maximum atomic E-state index is 14.1. The van der Waals surface area contributed by atoms with Crippen molar-refractivity contribution >= 4 is 0 Å². The molecule has 1 atom stereocenters. The van der Waals surface area contributed by atoms with Crippen molar-refractivity contribution < 1.29 is 31.4 Å². The van der Waals surface area contributed by atoms with E-state index < -0.39 is 24.4 Å². The minimum absolute atomic E-state index is 0.0457. The van der Waals surface area contributed by atoms with Gasteiger partial charge in [0.1, 0.15) is 17.7 Å². The smallest absolute Gasteiger partial charge is 0.434 e. The predicted molar refractivity (Wildman–Crippen MR) is 125 cm³/mol. The van der Waals surface area contributed by atoms with E-state index in [9.17, 15) is 22.0 Å². The van der Waals surface area contributed by atoms with Crippen molar-refractivity contribution in [2.45, 2.75) is 37.5 Å². The third kappa shape index (κ3) is 5.13. The first kappa shape index (κ1) is 25.5. The third-order valence-electron chi connectivity index (χ3n) is 5.99. The Morgan fingerprint density at radius 2 is 1.74 bits per heavy atom. The van der Waals surface area contributed by atoms with E-state index in [-0.39, 0.29) is 34.9 Å². The van der Waals surface area contributed by atoms with Crippen LogP contribution in [0.4, 0.5) is 22.0 Å². The molecule has 0 saturated heterocycles. The second-order valence-electron chi connectivity index (χ2n) is 8.69. The number of nitrogens with zero attached hydrogens (tertiary/aromatic N) is 6. The summed E-state index contributed by atoms with van der Waals surface area (Å²) in [7, 11) is 2.87. The van der Waals surface area contributed by atoms with Gasteiger partial charge in [-0.1, -0.05) is 24.3 Å². The van der Waals surface area contributed by atoms with Crippen LogP contribution < -0.4 is 9.47 Å². The van der Waals surface area contributed by atoms with E-state index in [1.165, 1.54) is 61.6 Å². The minimum atomic E-state index is -4.60. The molecule has 0 radical (unpaired) electrons. The molecule has 4 aromatic rings. The van der Waals surface area contributed by atoms with Gasteiger partial charge in [-0.25, -0.2) is 28.7 Å². The molecule has 5 rings (SSSR count). The summed E-state index contributed by atoms with van der Waals surface area (Å²) in [5.74, 6) is 0.608. The van der Waals surface area contributed by atoms with E-state index in [4.69, 9.17) is 9.47 Å². The van der Waals surface area contributed by atoms with E-state index in [1.54, 1.807) is 0 Å². The summed E-state index contributed by atoms with van der Waals surface area (Å²) in [6.45, 7) is 0. The molecular formula is C25H21F5N6O2. The number of aromatic nitrogens is 6. The van der Waals surface area contributed by atoms with Crippen LogP contribution in [0, 0.1) is 0 Å². The van der Waals surface area contributed by atoms with Crippen LogP contribution in [0.15, 0.2) is 49.1 Å². The van der Waals surface area contributed by atoms with Gasteiger partial charge in [-0.2, -0.15) is 18.2 Å². The van der Waals surface area contributed by atoms with Crippen LogP contribution in [0.25, 0.3) is 22.8 Å². The Labute approximate surface area is 213 Å². The Hall–Kier alpha value is -4.16. The van der Waals surface area contributed by atoms with Gasteiger partial charge in [0.2, 0.25) is 11.8 Å². The van der Waals surface area contributed by atoms with Crippen LogP contribution in [-0.2, 0) is 13.2 Å². The molecule has 0 bridgehead atoms. The van der Waals surface area contributed by atoms with Gasteiger partial charge < -0.3 is 14.0 Å². The highest BCUT2D eigenvalue weighted by molar-refractivity contribution is 5.66. The van der Waals surface area contributed by atoms with Gasteiger partial charge >= 0.3 is 6.18 Å². The molecule has 1 saturated carbocycles. The van der Waals surface area contributed by atoms with Crippen LogP contribution in [0.1, 0.15) is 41.8 Å². The zero-order valence-corrected chi connectivity index (χ0v) is 20.2. The highest BCUT2D eigenvalue weighted by Crippen LogP contribution is 2.45. The van der Waals surface area contributed by atoms with Crippen molar-refractivity contribution in [2.75, 3.05) is 7.11 Å². The predicted octanol–water partition coefficient (Wildman–Crippen LogP) is 5.62. The van der Waals surface area contributed by atoms with Crippen molar-refractivity contribution in [1.29, 1.82) is 0 Å². The lowest BCUT2D eigenvalue weighted by Gasteiger charge is -2.19. The van der Waals surface area contributed by atoms with Gasteiger partial charge in [-0.05, 0) is 18.4 Å². The average molecular weight is 532 g/mol. The van der Waals surface area contributed by atoms with Gasteiger partial charge in [0.05, 0.1) is 12.8 Å². The Kier molecular flexibility index (Phi) is 6.67. The Morgan fingerprint density at radius 3 is 2.34 bits per heavy atom. The van der Waals surface area contributed by atoms with E-state index in [0.29, 0.717) is 11.1 Å². The van der Waals surface area contributed by atoms with Crippen LogP contribution in [0.2, 0.25) is 0 Å². The maximum absolute atomic E-state index is 14.1. The summed E-state index contributed by atoms with van der Waals surface area (Å²) in [6, 6.07) is 6.89. The molecule has 0 aliphatic heterocycles. The van der Waals surface area contributed by atoms with Crippen LogP contribution in [-0.4, -0.2) is 43.0 Å². The topological polar surface area (TPSA) is 87.8 Å². The Bertz CT molecular complexity index is 1440. The van der Waals surface area contributed by atoms with Gasteiger partial charge in [0.25, 0.3) is 6.43 Å². The molecule has 38 heavy (non-hydrogen) atoms. The first-order valence-electron chi connectivity index (χ1n) is 11.5. The molecular weight excluding hydrogens is 511 g/mol. The molecule has 0 amide bonds. The standard InChI is InChI=1S/C25H21F5N6O2/c1-36-11-16(25(28,29)30)34-23(36)15-7-5-14(6-8-15)20(21(26)27)38-17-9-10-31-22(35-17)18-19(13-3-4-13)32-12-33-24(18)37-2/h5-13,20-21H,3-4H2,1-2H3/t20-/m0/s1. The zero-order chi connectivity index (χ0) is 27.0. The molecule has 3 aromatic heterocycles. The molecule has 13 heteroatoms. The highest BCUT2D eigenvalue weighted by atomic mass is 19.4. The summed E-state index contributed by atoms with van der Waals surface area (Å²) >= 11 is 0. The second-order valence-corrected chi connectivity index (χ2v) is 8.69. The molecule has 3 heterocycles. The van der Waals surface area contributed by atoms with E-state index in [1.807, 2.05) is 0 Å². The number of hydrogen-bond acceptors (Lipinski definition) is 7. The molecule has 1 aliphatic carbocycles. The molecule has 8 nitrogen and oxygen atoms in total. The number of halogens is 5. The lowest BCUT2D eigenvalue weighted by atomic mass is 10.1. The third-order valence-corrected chi connectivity index (χ3v) is 5.99. The highest BCUT2D eigenvalue weighted by Gasteiger charge is 2.35. The molecule has 1 aromatic carbocycles. The Morgan fingerprint density at radius 1 is 1.00 bits per heavy atom. The second kappa shape index (κ2) is 9.95. The van der Waals surface area contributed by atoms with E-state index in [2.05, 4.69) is 24.9 Å². The van der Waals surface area contributed by atoms with Crippen molar-refractivity contribution in [3.8, 4) is 34.5 Å². The number of ether oxygens (including phenoxy) is 2. The average Bonchev–Trinajstić information content (AvgIpc) is 3.67. The zero-order valence-electron chi connectivity index (χ0n) is 20.2. The molecule has 1 fully saturated rings. The summed E-state index contributed by atoms with van der Waals surface area (Å²) in [6.07, 6.45) is -3.70. The maximum Gasteiger partial charge on any atom is 0.434 e. The van der Waals surface area contributed by atoms with E-state index >= 15 is 0 Å².